The first-order valence-corrected chi connectivity index (χ1v) is 10.9. The minimum atomic E-state index is -2.83. The first-order valence-electron chi connectivity index (χ1n) is 10.9. The third-order valence-electron chi connectivity index (χ3n) is 6.45. The van der Waals surface area contributed by atoms with Gasteiger partial charge in [-0.25, -0.2) is 0 Å². The highest BCUT2D eigenvalue weighted by Crippen LogP contribution is 2.37. The summed E-state index contributed by atoms with van der Waals surface area (Å²) >= 11 is 0. The topological polar surface area (TPSA) is 89.4 Å². The van der Waals surface area contributed by atoms with E-state index in [1.807, 2.05) is 30.3 Å². The molecule has 1 aromatic carbocycles. The van der Waals surface area contributed by atoms with Crippen LogP contribution in [0.1, 0.15) is 39.4 Å². The molecule has 0 unspecified atom stereocenters. The van der Waals surface area contributed by atoms with Crippen LogP contribution in [0.15, 0.2) is 36.5 Å². The summed E-state index contributed by atoms with van der Waals surface area (Å²) in [4.78, 5) is 31.1. The number of aromatic amines is 1. The Morgan fingerprint density at radius 1 is 1.24 bits per heavy atom. The number of halogens is 2. The predicted molar refractivity (Wildman–Crippen MR) is 114 cm³/mol. The number of carbonyl (C=O) groups is 2. The molecule has 0 saturated carbocycles. The molecule has 2 aliphatic heterocycles. The van der Waals surface area contributed by atoms with Crippen molar-refractivity contribution in [3.63, 3.8) is 0 Å². The Labute approximate surface area is 188 Å². The second-order valence-corrected chi connectivity index (χ2v) is 8.70. The maximum Gasteiger partial charge on any atom is 0.345 e. The number of fused-ring (bicyclic) bond motifs is 2. The van der Waals surface area contributed by atoms with Crippen molar-refractivity contribution in [1.29, 1.82) is 0 Å². The third-order valence-corrected chi connectivity index (χ3v) is 6.45. The molecule has 10 heteroatoms. The van der Waals surface area contributed by atoms with Gasteiger partial charge in [-0.05, 0) is 18.6 Å². The predicted octanol–water partition coefficient (Wildman–Crippen LogP) is 3.24. The highest BCUT2D eigenvalue weighted by Gasteiger charge is 2.41. The van der Waals surface area contributed by atoms with Gasteiger partial charge in [0.05, 0.1) is 50.4 Å². The standard InChI is InChI=1S/C23H24F2N4O4/c24-22(25)33-8-5-23(13-32-14-23)10-20(30)16-11-26-29-7-6-28(12-19(16)29)21(31)18-9-15-3-1-2-4-17(15)27-18/h1-4,9,11,22,27H,5-8,10,12-14H2. The molecule has 0 bridgehead atoms. The zero-order valence-electron chi connectivity index (χ0n) is 17.9. The van der Waals surface area contributed by atoms with E-state index < -0.39 is 12.0 Å². The molecule has 174 valence electrons. The van der Waals surface area contributed by atoms with Gasteiger partial charge < -0.3 is 19.4 Å². The minimum Gasteiger partial charge on any atom is -0.380 e. The quantitative estimate of drug-likeness (QED) is 0.524. The average molecular weight is 458 g/mol. The third kappa shape index (κ3) is 4.28. The first-order chi connectivity index (χ1) is 15.9. The molecule has 33 heavy (non-hydrogen) atoms. The lowest BCUT2D eigenvalue weighted by molar-refractivity contribution is -0.162. The van der Waals surface area contributed by atoms with E-state index in [-0.39, 0.29) is 31.3 Å². The monoisotopic (exact) mass is 458 g/mol. The van der Waals surface area contributed by atoms with Crippen molar-refractivity contribution in [1.82, 2.24) is 19.7 Å². The number of hydrogen-bond acceptors (Lipinski definition) is 5. The Morgan fingerprint density at radius 2 is 2.06 bits per heavy atom. The number of H-pyrrole nitrogens is 1. The van der Waals surface area contributed by atoms with Crippen LogP contribution in [-0.4, -0.2) is 64.3 Å². The lowest BCUT2D eigenvalue weighted by Gasteiger charge is -2.41. The van der Waals surface area contributed by atoms with Crippen LogP contribution in [0, 0.1) is 5.41 Å². The number of carbonyl (C=O) groups excluding carboxylic acids is 2. The van der Waals surface area contributed by atoms with Crippen LogP contribution in [0.3, 0.4) is 0 Å². The maximum absolute atomic E-state index is 13.1. The Kier molecular flexibility index (Phi) is 5.71. The summed E-state index contributed by atoms with van der Waals surface area (Å²) in [6, 6.07) is 9.51. The van der Waals surface area contributed by atoms with Crippen molar-refractivity contribution in [3.8, 4) is 0 Å². The van der Waals surface area contributed by atoms with Crippen LogP contribution in [0.2, 0.25) is 0 Å². The summed E-state index contributed by atoms with van der Waals surface area (Å²) < 4.78 is 36.1. The van der Waals surface area contributed by atoms with E-state index in [9.17, 15) is 18.4 Å². The summed E-state index contributed by atoms with van der Waals surface area (Å²) in [5.74, 6) is -0.262. The number of para-hydroxylation sites is 1. The summed E-state index contributed by atoms with van der Waals surface area (Å²) in [5, 5.41) is 5.29. The Bertz CT molecular complexity index is 1150. The maximum atomic E-state index is 13.1. The molecule has 5 rings (SSSR count). The molecule has 8 nitrogen and oxygen atoms in total. The van der Waals surface area contributed by atoms with Gasteiger partial charge in [0.1, 0.15) is 5.69 Å². The second kappa shape index (κ2) is 8.68. The lowest BCUT2D eigenvalue weighted by atomic mass is 9.77. The van der Waals surface area contributed by atoms with Gasteiger partial charge in [-0.15, -0.1) is 0 Å². The fourth-order valence-corrected chi connectivity index (χ4v) is 4.54. The molecule has 3 aromatic rings. The largest absolute Gasteiger partial charge is 0.380 e. The summed E-state index contributed by atoms with van der Waals surface area (Å²) in [5.41, 5.74) is 2.04. The molecule has 1 fully saturated rings. The molecule has 0 radical (unpaired) electrons. The van der Waals surface area contributed by atoms with Gasteiger partial charge in [-0.1, -0.05) is 18.2 Å². The van der Waals surface area contributed by atoms with Gasteiger partial charge in [0, 0.05) is 29.3 Å². The van der Waals surface area contributed by atoms with E-state index in [0.29, 0.717) is 49.7 Å². The molecule has 1 N–H and O–H groups in total. The Hall–Kier alpha value is -3.11. The van der Waals surface area contributed by atoms with Crippen molar-refractivity contribution in [2.24, 2.45) is 5.41 Å². The van der Waals surface area contributed by atoms with Gasteiger partial charge in [-0.3, -0.25) is 14.3 Å². The molecule has 1 amide bonds. The van der Waals surface area contributed by atoms with E-state index in [1.54, 1.807) is 9.58 Å². The number of amides is 1. The number of ether oxygens (including phenoxy) is 2. The minimum absolute atomic E-state index is 0.128. The van der Waals surface area contributed by atoms with E-state index in [1.165, 1.54) is 6.20 Å². The number of Topliss-reactive ketones (excluding diaryl/α,β-unsaturated/α-hetero) is 1. The van der Waals surface area contributed by atoms with Crippen LogP contribution in [0.25, 0.3) is 10.9 Å². The van der Waals surface area contributed by atoms with Crippen LogP contribution in [0.4, 0.5) is 8.78 Å². The van der Waals surface area contributed by atoms with Crippen molar-refractivity contribution < 1.29 is 27.8 Å². The summed E-state index contributed by atoms with van der Waals surface area (Å²) in [7, 11) is 0. The van der Waals surface area contributed by atoms with E-state index in [2.05, 4.69) is 14.8 Å². The molecule has 2 aromatic heterocycles. The average Bonchev–Trinajstić information content (AvgIpc) is 3.40. The number of benzene rings is 1. The number of nitrogens with one attached hydrogen (secondary N) is 1. The number of nitrogens with zero attached hydrogens (tertiary/aromatic N) is 3. The van der Waals surface area contributed by atoms with Gasteiger partial charge in [0.2, 0.25) is 0 Å². The molecule has 2 aliphatic rings. The smallest absolute Gasteiger partial charge is 0.345 e. The van der Waals surface area contributed by atoms with Crippen molar-refractivity contribution in [2.45, 2.75) is 32.5 Å². The van der Waals surface area contributed by atoms with Gasteiger partial charge >= 0.3 is 6.61 Å². The molecule has 0 atom stereocenters. The van der Waals surface area contributed by atoms with E-state index in [0.717, 1.165) is 10.9 Å². The molecule has 0 spiro atoms. The zero-order chi connectivity index (χ0) is 23.0. The molecular formula is C23H24F2N4O4. The lowest BCUT2D eigenvalue weighted by Crippen LogP contribution is -2.45. The normalized spacial score (nSPS) is 17.2. The summed E-state index contributed by atoms with van der Waals surface area (Å²) in [6.07, 6.45) is 2.02. The van der Waals surface area contributed by atoms with Crippen LogP contribution in [0.5, 0.6) is 0 Å². The zero-order valence-corrected chi connectivity index (χ0v) is 17.9. The van der Waals surface area contributed by atoms with Crippen LogP contribution in [-0.2, 0) is 22.6 Å². The Morgan fingerprint density at radius 3 is 2.79 bits per heavy atom. The van der Waals surface area contributed by atoms with Gasteiger partial charge in [-0.2, -0.15) is 13.9 Å². The Balaban J connectivity index is 1.29. The summed E-state index contributed by atoms with van der Waals surface area (Å²) in [6.45, 7) is -1.05. The number of rotatable bonds is 8. The van der Waals surface area contributed by atoms with Crippen molar-refractivity contribution in [2.75, 3.05) is 26.4 Å². The molecule has 0 aliphatic carbocycles. The number of hydrogen-bond donors (Lipinski definition) is 1. The fraction of sp³-hybridized carbons (Fsp3) is 0.435. The van der Waals surface area contributed by atoms with Gasteiger partial charge in [0.25, 0.3) is 5.91 Å². The van der Waals surface area contributed by atoms with Crippen molar-refractivity contribution >= 4 is 22.6 Å². The molecule has 1 saturated heterocycles. The SMILES string of the molecule is O=C(CC1(CCOC(F)F)COC1)c1cnn2c1CN(C(=O)c1cc3ccccc3[nH]1)CC2. The molecular weight excluding hydrogens is 434 g/mol. The van der Waals surface area contributed by atoms with Crippen LogP contribution >= 0.6 is 0 Å². The second-order valence-electron chi connectivity index (χ2n) is 8.70. The van der Waals surface area contributed by atoms with Crippen LogP contribution < -0.4 is 0 Å². The number of alkyl halides is 2. The van der Waals surface area contributed by atoms with E-state index >= 15 is 0 Å². The van der Waals surface area contributed by atoms with Crippen molar-refractivity contribution in [3.05, 3.63) is 53.5 Å². The van der Waals surface area contributed by atoms with E-state index in [4.69, 9.17) is 4.74 Å². The highest BCUT2D eigenvalue weighted by atomic mass is 19.3. The first kappa shape index (κ1) is 21.7. The number of aromatic nitrogens is 3. The number of ketones is 1. The fourth-order valence-electron chi connectivity index (χ4n) is 4.54. The molecule has 4 heterocycles. The van der Waals surface area contributed by atoms with Gasteiger partial charge in [0.15, 0.2) is 5.78 Å². The highest BCUT2D eigenvalue weighted by molar-refractivity contribution is 5.99.